The molecule has 0 bridgehead atoms. The summed E-state index contributed by atoms with van der Waals surface area (Å²) in [6, 6.07) is 6.81. The van der Waals surface area contributed by atoms with Gasteiger partial charge in [0.25, 0.3) is 5.69 Å². The van der Waals surface area contributed by atoms with E-state index >= 15 is 0 Å². The number of aliphatic hydroxyl groups is 1. The van der Waals surface area contributed by atoms with E-state index in [1.807, 2.05) is 18.0 Å². The van der Waals surface area contributed by atoms with E-state index in [9.17, 15) is 15.2 Å². The van der Waals surface area contributed by atoms with Gasteiger partial charge in [-0.1, -0.05) is 18.2 Å². The molecule has 0 unspecified atom stereocenters. The fraction of sp³-hybridized carbons (Fsp3) is 0.600. The zero-order valence-corrected chi connectivity index (χ0v) is 12.3. The Morgan fingerprint density at radius 2 is 2.05 bits per heavy atom. The van der Waals surface area contributed by atoms with Gasteiger partial charge in [0, 0.05) is 50.8 Å². The quantitative estimate of drug-likeness (QED) is 0.637. The van der Waals surface area contributed by atoms with Gasteiger partial charge in [0.15, 0.2) is 0 Å². The molecule has 116 valence electrons. The van der Waals surface area contributed by atoms with Crippen LogP contribution in [0.25, 0.3) is 0 Å². The summed E-state index contributed by atoms with van der Waals surface area (Å²) in [5, 5.41) is 21.4. The van der Waals surface area contributed by atoms with Crippen LogP contribution in [0.2, 0.25) is 0 Å². The second-order valence-corrected chi connectivity index (χ2v) is 5.71. The highest BCUT2D eigenvalue weighted by molar-refractivity contribution is 5.39. The Kier molecular flexibility index (Phi) is 5.27. The maximum atomic E-state index is 11.0. The Hall–Kier alpha value is -1.50. The number of benzene rings is 1. The molecule has 1 aromatic rings. The first-order valence-electron chi connectivity index (χ1n) is 7.21. The molecule has 0 radical (unpaired) electrons. The number of hydrogen-bond donors (Lipinski definition) is 1. The number of nitrogens with zero attached hydrogens (tertiary/aromatic N) is 2. The third-order valence-electron chi connectivity index (χ3n) is 3.94. The SMILES string of the molecule is CN(CCc1ccccc1[N+](=O)[O-])CC1(O)CCOCC1. The molecule has 0 amide bonds. The van der Waals surface area contributed by atoms with Gasteiger partial charge in [-0.05, 0) is 13.5 Å². The molecule has 6 heteroatoms. The van der Waals surface area contributed by atoms with E-state index in [0.29, 0.717) is 45.6 Å². The Morgan fingerprint density at radius 3 is 2.71 bits per heavy atom. The minimum absolute atomic E-state index is 0.163. The molecule has 6 nitrogen and oxygen atoms in total. The standard InChI is InChI=1S/C15H22N2O4/c1-16(12-15(18)7-10-21-11-8-15)9-6-13-4-2-3-5-14(13)17(19)20/h2-5,18H,6-12H2,1H3. The molecule has 0 aromatic heterocycles. The van der Waals surface area contributed by atoms with Crippen LogP contribution in [0.3, 0.4) is 0 Å². The molecule has 1 fully saturated rings. The largest absolute Gasteiger partial charge is 0.388 e. The van der Waals surface area contributed by atoms with Crippen molar-refractivity contribution in [2.45, 2.75) is 24.9 Å². The highest BCUT2D eigenvalue weighted by Gasteiger charge is 2.30. The van der Waals surface area contributed by atoms with Gasteiger partial charge in [0.05, 0.1) is 10.5 Å². The first-order chi connectivity index (χ1) is 10.0. The second kappa shape index (κ2) is 6.98. The molecule has 1 aliphatic rings. The Balaban J connectivity index is 1.89. The number of rotatable bonds is 6. The average Bonchev–Trinajstić information content (AvgIpc) is 2.45. The second-order valence-electron chi connectivity index (χ2n) is 5.71. The van der Waals surface area contributed by atoms with Crippen molar-refractivity contribution in [3.63, 3.8) is 0 Å². The van der Waals surface area contributed by atoms with Crippen LogP contribution in [0.4, 0.5) is 5.69 Å². The van der Waals surface area contributed by atoms with Gasteiger partial charge < -0.3 is 14.7 Å². The van der Waals surface area contributed by atoms with Crippen LogP contribution in [-0.2, 0) is 11.2 Å². The summed E-state index contributed by atoms with van der Waals surface area (Å²) in [4.78, 5) is 12.7. The van der Waals surface area contributed by atoms with Crippen molar-refractivity contribution in [2.24, 2.45) is 0 Å². The van der Waals surface area contributed by atoms with Crippen molar-refractivity contribution in [3.05, 3.63) is 39.9 Å². The minimum atomic E-state index is -0.699. The summed E-state index contributed by atoms with van der Waals surface area (Å²) in [6.45, 7) is 2.42. The topological polar surface area (TPSA) is 75.8 Å². The maximum Gasteiger partial charge on any atom is 0.272 e. The number of nitro benzene ring substituents is 1. The molecular weight excluding hydrogens is 272 g/mol. The van der Waals surface area contributed by atoms with E-state index in [0.717, 1.165) is 5.56 Å². The summed E-state index contributed by atoms with van der Waals surface area (Å²) in [5.74, 6) is 0. The van der Waals surface area contributed by atoms with Gasteiger partial charge in [-0.25, -0.2) is 0 Å². The third-order valence-corrected chi connectivity index (χ3v) is 3.94. The Labute approximate surface area is 124 Å². The van der Waals surface area contributed by atoms with Crippen molar-refractivity contribution in [1.29, 1.82) is 0 Å². The van der Waals surface area contributed by atoms with Crippen LogP contribution < -0.4 is 0 Å². The van der Waals surface area contributed by atoms with E-state index in [1.54, 1.807) is 12.1 Å². The number of para-hydroxylation sites is 1. The first kappa shape index (κ1) is 15.9. The molecule has 1 aliphatic heterocycles. The number of likely N-dealkylation sites (N-methyl/N-ethyl adjacent to an activating group) is 1. The monoisotopic (exact) mass is 294 g/mol. The van der Waals surface area contributed by atoms with Crippen LogP contribution in [-0.4, -0.2) is 53.9 Å². The fourth-order valence-corrected chi connectivity index (χ4v) is 2.70. The zero-order valence-electron chi connectivity index (χ0n) is 12.3. The first-order valence-corrected chi connectivity index (χ1v) is 7.21. The molecule has 2 rings (SSSR count). The molecule has 1 saturated heterocycles. The summed E-state index contributed by atoms with van der Waals surface area (Å²) in [6.07, 6.45) is 1.88. The summed E-state index contributed by atoms with van der Waals surface area (Å²) in [7, 11) is 1.93. The van der Waals surface area contributed by atoms with Gasteiger partial charge in [0.1, 0.15) is 0 Å². The predicted octanol–water partition coefficient (Wildman–Crippen LogP) is 1.61. The number of ether oxygens (including phenoxy) is 1. The average molecular weight is 294 g/mol. The lowest BCUT2D eigenvalue weighted by Crippen LogP contribution is -2.46. The highest BCUT2D eigenvalue weighted by Crippen LogP contribution is 2.22. The van der Waals surface area contributed by atoms with Crippen molar-refractivity contribution in [3.8, 4) is 0 Å². The molecule has 1 N–H and O–H groups in total. The van der Waals surface area contributed by atoms with E-state index in [2.05, 4.69) is 0 Å². The van der Waals surface area contributed by atoms with E-state index in [-0.39, 0.29) is 10.6 Å². The molecule has 1 aromatic carbocycles. The smallest absolute Gasteiger partial charge is 0.272 e. The maximum absolute atomic E-state index is 11.0. The van der Waals surface area contributed by atoms with Crippen LogP contribution in [0.5, 0.6) is 0 Å². The highest BCUT2D eigenvalue weighted by atomic mass is 16.6. The zero-order chi connectivity index (χ0) is 15.3. The molecule has 1 heterocycles. The Morgan fingerprint density at radius 1 is 1.38 bits per heavy atom. The van der Waals surface area contributed by atoms with Crippen molar-refractivity contribution < 1.29 is 14.8 Å². The van der Waals surface area contributed by atoms with E-state index in [4.69, 9.17) is 4.74 Å². The normalized spacial score (nSPS) is 17.9. The van der Waals surface area contributed by atoms with Crippen LogP contribution in [0.1, 0.15) is 18.4 Å². The van der Waals surface area contributed by atoms with Gasteiger partial charge in [-0.3, -0.25) is 10.1 Å². The lowest BCUT2D eigenvalue weighted by Gasteiger charge is -2.35. The van der Waals surface area contributed by atoms with E-state index in [1.165, 1.54) is 6.07 Å². The molecule has 0 aliphatic carbocycles. The summed E-state index contributed by atoms with van der Waals surface area (Å²) < 4.78 is 5.26. The third kappa shape index (κ3) is 4.49. The van der Waals surface area contributed by atoms with Gasteiger partial charge in [-0.2, -0.15) is 0 Å². The minimum Gasteiger partial charge on any atom is -0.388 e. The van der Waals surface area contributed by atoms with Crippen molar-refractivity contribution >= 4 is 5.69 Å². The Bertz CT molecular complexity index is 486. The van der Waals surface area contributed by atoms with Gasteiger partial charge >= 0.3 is 0 Å². The molecule has 0 spiro atoms. The summed E-state index contributed by atoms with van der Waals surface area (Å²) in [5.41, 5.74) is 0.194. The van der Waals surface area contributed by atoms with E-state index < -0.39 is 5.60 Å². The molecule has 0 atom stereocenters. The van der Waals surface area contributed by atoms with Crippen molar-refractivity contribution in [1.82, 2.24) is 4.90 Å². The lowest BCUT2D eigenvalue weighted by molar-refractivity contribution is -0.385. The number of nitro groups is 1. The predicted molar refractivity (Wildman–Crippen MR) is 79.3 cm³/mol. The lowest BCUT2D eigenvalue weighted by atomic mass is 9.94. The molecule has 0 saturated carbocycles. The number of hydrogen-bond acceptors (Lipinski definition) is 5. The molecular formula is C15H22N2O4. The van der Waals surface area contributed by atoms with Gasteiger partial charge in [0.2, 0.25) is 0 Å². The van der Waals surface area contributed by atoms with Crippen LogP contribution >= 0.6 is 0 Å². The fourth-order valence-electron chi connectivity index (χ4n) is 2.70. The molecule has 21 heavy (non-hydrogen) atoms. The van der Waals surface area contributed by atoms with Crippen molar-refractivity contribution in [2.75, 3.05) is 33.4 Å². The van der Waals surface area contributed by atoms with Crippen LogP contribution in [0, 0.1) is 10.1 Å². The summed E-state index contributed by atoms with van der Waals surface area (Å²) >= 11 is 0. The van der Waals surface area contributed by atoms with Crippen LogP contribution in [0.15, 0.2) is 24.3 Å². The van der Waals surface area contributed by atoms with Gasteiger partial charge in [-0.15, -0.1) is 0 Å².